The van der Waals surface area contributed by atoms with Gasteiger partial charge in [-0.1, -0.05) is 11.6 Å². The molecule has 1 unspecified atom stereocenters. The first kappa shape index (κ1) is 31.8. The summed E-state index contributed by atoms with van der Waals surface area (Å²) < 4.78 is 41.3. The van der Waals surface area contributed by atoms with Gasteiger partial charge in [0, 0.05) is 55.0 Å². The van der Waals surface area contributed by atoms with Gasteiger partial charge in [0.2, 0.25) is 0 Å². The maximum atomic E-state index is 15.3. The molecule has 7 rings (SSSR count). The van der Waals surface area contributed by atoms with Crippen LogP contribution < -0.4 is 13.8 Å². The van der Waals surface area contributed by atoms with Gasteiger partial charge in [0.15, 0.2) is 10.6 Å². The first-order valence-corrected chi connectivity index (χ1v) is 17.6. The van der Waals surface area contributed by atoms with Crippen LogP contribution in [0.25, 0.3) is 0 Å². The molecule has 0 bridgehead atoms. The predicted octanol–water partition coefficient (Wildman–Crippen LogP) is 3.70. The number of aromatic nitrogens is 1. The summed E-state index contributed by atoms with van der Waals surface area (Å²) in [5, 5.41) is 9.93. The van der Waals surface area contributed by atoms with Crippen LogP contribution in [-0.2, 0) is 20.4 Å². The summed E-state index contributed by atoms with van der Waals surface area (Å²) in [5.41, 5.74) is -0.326. The van der Waals surface area contributed by atoms with E-state index in [2.05, 4.69) is 32.8 Å². The van der Waals surface area contributed by atoms with Gasteiger partial charge in [-0.15, -0.1) is 0 Å². The van der Waals surface area contributed by atoms with Crippen molar-refractivity contribution in [2.24, 2.45) is 5.41 Å². The molecule has 4 aliphatic heterocycles. The number of amides is 1. The van der Waals surface area contributed by atoms with Crippen LogP contribution in [0.1, 0.15) is 36.5 Å². The topological polar surface area (TPSA) is 119 Å². The fourth-order valence-corrected chi connectivity index (χ4v) is 9.36. The zero-order valence-corrected chi connectivity index (χ0v) is 28.2. The summed E-state index contributed by atoms with van der Waals surface area (Å²) in [6.07, 6.45) is 3.51. The van der Waals surface area contributed by atoms with Crippen LogP contribution in [0, 0.1) is 16.7 Å². The number of piperidine rings is 1. The Labute approximate surface area is 280 Å². The van der Waals surface area contributed by atoms with Crippen LogP contribution in [0.5, 0.6) is 11.5 Å². The van der Waals surface area contributed by atoms with E-state index in [1.54, 1.807) is 24.3 Å². The molecular weight excluding hydrogens is 640 g/mol. The first-order chi connectivity index (χ1) is 22.6. The third-order valence-corrected chi connectivity index (χ3v) is 12.0. The zero-order chi connectivity index (χ0) is 33.1. The fraction of sp³-hybridized carbons (Fsp3) is 0.441. The summed E-state index contributed by atoms with van der Waals surface area (Å²) in [7, 11) is -0.804. The number of hydrogen-bond acceptors (Lipinski definition) is 10. The molecule has 0 aliphatic carbocycles. The number of halogens is 1. The Kier molecular flexibility index (Phi) is 7.96. The Morgan fingerprint density at radius 3 is 2.43 bits per heavy atom. The minimum absolute atomic E-state index is 0.0295. The van der Waals surface area contributed by atoms with Gasteiger partial charge in [-0.2, -0.15) is 18.0 Å². The largest absolute Gasteiger partial charge is 0.497 e. The van der Waals surface area contributed by atoms with E-state index in [9.17, 15) is 13.7 Å². The highest BCUT2D eigenvalue weighted by Crippen LogP contribution is 2.57. The number of nitriles is 1. The molecular formula is C34H37ClN6O5S. The van der Waals surface area contributed by atoms with Crippen molar-refractivity contribution >= 4 is 33.2 Å². The highest BCUT2D eigenvalue weighted by Gasteiger charge is 2.67. The van der Waals surface area contributed by atoms with Gasteiger partial charge >= 0.3 is 0 Å². The van der Waals surface area contributed by atoms with Crippen molar-refractivity contribution in [2.45, 2.75) is 36.4 Å². The summed E-state index contributed by atoms with van der Waals surface area (Å²) in [6.45, 7) is 7.30. The van der Waals surface area contributed by atoms with Gasteiger partial charge in [0.1, 0.15) is 11.5 Å². The molecule has 1 atom stereocenters. The molecule has 5 heterocycles. The zero-order valence-electron chi connectivity index (χ0n) is 26.6. The summed E-state index contributed by atoms with van der Waals surface area (Å²) in [6, 6.07) is 15.4. The molecule has 0 N–H and O–H groups in total. The van der Waals surface area contributed by atoms with Gasteiger partial charge in [-0.05, 0) is 88.4 Å². The number of fused-ring (bicyclic) bond motifs is 1. The second-order valence-electron chi connectivity index (χ2n) is 13.0. The van der Waals surface area contributed by atoms with Crippen LogP contribution in [0.15, 0.2) is 59.8 Å². The van der Waals surface area contributed by atoms with Crippen molar-refractivity contribution < 1.29 is 22.7 Å². The fourth-order valence-electron chi connectivity index (χ4n) is 7.86. The van der Waals surface area contributed by atoms with Crippen LogP contribution in [0.4, 0.5) is 5.69 Å². The Morgan fingerprint density at radius 2 is 1.79 bits per heavy atom. The predicted molar refractivity (Wildman–Crippen MR) is 176 cm³/mol. The SMILES string of the molecule is CCOc1ccc(OC)cc1C1(N2CC3(CN(C4CCN(C)CC4)C3)C2)C(=O)N(S(=O)(=O)c2ccc(Cl)cn2)c2ccc(C#N)cc21. The number of anilines is 1. The molecule has 246 valence electrons. The lowest BCUT2D eigenvalue weighted by molar-refractivity contribution is -0.169. The van der Waals surface area contributed by atoms with Crippen molar-refractivity contribution in [3.8, 4) is 17.6 Å². The quantitative estimate of drug-likeness (QED) is 0.349. The highest BCUT2D eigenvalue weighted by atomic mass is 35.5. The van der Waals surface area contributed by atoms with Crippen molar-refractivity contribution in [1.29, 1.82) is 5.26 Å². The number of nitrogens with zero attached hydrogens (tertiary/aromatic N) is 6. The number of likely N-dealkylation sites (tertiary alicyclic amines) is 3. The molecule has 0 saturated carbocycles. The van der Waals surface area contributed by atoms with E-state index < -0.39 is 21.5 Å². The molecule has 13 heteroatoms. The van der Waals surface area contributed by atoms with E-state index in [0.717, 1.165) is 43.3 Å². The number of methoxy groups -OCH3 is 1. The van der Waals surface area contributed by atoms with Crippen LogP contribution in [-0.4, -0.2) is 100 Å². The highest BCUT2D eigenvalue weighted by molar-refractivity contribution is 7.93. The van der Waals surface area contributed by atoms with E-state index >= 15 is 4.79 Å². The average molecular weight is 677 g/mol. The van der Waals surface area contributed by atoms with E-state index in [1.165, 1.54) is 37.6 Å². The average Bonchev–Trinajstić information content (AvgIpc) is 3.29. The smallest absolute Gasteiger partial charge is 0.288 e. The van der Waals surface area contributed by atoms with Crippen molar-refractivity contribution in [3.63, 3.8) is 0 Å². The monoisotopic (exact) mass is 676 g/mol. The lowest BCUT2D eigenvalue weighted by Crippen LogP contribution is -2.77. The second kappa shape index (κ2) is 11.8. The second-order valence-corrected chi connectivity index (χ2v) is 15.2. The molecule has 4 aliphatic rings. The molecule has 11 nitrogen and oxygen atoms in total. The Balaban J connectivity index is 1.36. The third kappa shape index (κ3) is 4.98. The van der Waals surface area contributed by atoms with Crippen molar-refractivity contribution in [3.05, 3.63) is 76.4 Å². The number of benzene rings is 2. The molecule has 1 spiro atoms. The van der Waals surface area contributed by atoms with Gasteiger partial charge in [0.05, 0.1) is 36.1 Å². The number of carbonyl (C=O) groups excluding carboxylic acids is 1. The Hall–Kier alpha value is -3.73. The van der Waals surface area contributed by atoms with Gasteiger partial charge in [-0.3, -0.25) is 14.6 Å². The molecule has 1 aromatic heterocycles. The van der Waals surface area contributed by atoms with Crippen molar-refractivity contribution in [1.82, 2.24) is 19.7 Å². The minimum Gasteiger partial charge on any atom is -0.497 e. The number of rotatable bonds is 8. The normalized spacial score (nSPS) is 23.2. The maximum absolute atomic E-state index is 15.3. The standard InChI is InChI=1S/C34H37ClN6O5S/c1-4-46-30-9-7-26(45-3)16-28(30)34(40-21-33(22-40)19-39(20-33)25-11-13-38(2)14-12-25)27-15-23(17-36)5-8-29(27)41(32(34)42)47(43,44)31-10-6-24(35)18-37-31/h5-10,15-16,18,25H,4,11-14,19-22H2,1-3H3. The summed E-state index contributed by atoms with van der Waals surface area (Å²) in [5.74, 6) is 0.234. The Bertz CT molecular complexity index is 1860. The summed E-state index contributed by atoms with van der Waals surface area (Å²) >= 11 is 6.04. The van der Waals surface area contributed by atoms with Crippen LogP contribution in [0.2, 0.25) is 5.02 Å². The van der Waals surface area contributed by atoms with Crippen LogP contribution >= 0.6 is 11.6 Å². The number of hydrogen-bond donors (Lipinski definition) is 0. The lowest BCUT2D eigenvalue weighted by atomic mass is 9.67. The number of carbonyl (C=O) groups is 1. The number of sulfonamides is 1. The molecule has 3 fully saturated rings. The van der Waals surface area contributed by atoms with E-state index in [1.807, 2.05) is 6.92 Å². The molecule has 3 saturated heterocycles. The Morgan fingerprint density at radius 1 is 1.04 bits per heavy atom. The van der Waals surface area contributed by atoms with Gasteiger partial charge in [0.25, 0.3) is 15.9 Å². The maximum Gasteiger partial charge on any atom is 0.288 e. The van der Waals surface area contributed by atoms with E-state index in [-0.39, 0.29) is 21.2 Å². The van der Waals surface area contributed by atoms with E-state index in [4.69, 9.17) is 21.1 Å². The lowest BCUT2D eigenvalue weighted by Gasteiger charge is -2.65. The molecule has 47 heavy (non-hydrogen) atoms. The van der Waals surface area contributed by atoms with E-state index in [0.29, 0.717) is 53.9 Å². The van der Waals surface area contributed by atoms with Gasteiger partial charge < -0.3 is 14.4 Å². The number of ether oxygens (including phenoxy) is 2. The van der Waals surface area contributed by atoms with Gasteiger partial charge in [-0.25, -0.2) is 4.98 Å². The molecule has 1 amide bonds. The molecule has 0 radical (unpaired) electrons. The molecule has 2 aromatic carbocycles. The third-order valence-electron chi connectivity index (χ3n) is 10.1. The number of pyridine rings is 1. The first-order valence-electron chi connectivity index (χ1n) is 15.8. The van der Waals surface area contributed by atoms with Crippen molar-refractivity contribution in [2.75, 3.05) is 64.3 Å². The minimum atomic E-state index is -4.50. The molecule has 3 aromatic rings. The van der Waals surface area contributed by atoms with Crippen LogP contribution in [0.3, 0.4) is 0 Å². The summed E-state index contributed by atoms with van der Waals surface area (Å²) in [4.78, 5) is 26.3.